The van der Waals surface area contributed by atoms with Gasteiger partial charge in [-0.3, -0.25) is 14.5 Å². The minimum atomic E-state index is -0.329. The number of benzene rings is 2. The van der Waals surface area contributed by atoms with Crippen LogP contribution >= 0.6 is 23.1 Å². The molecular formula is C31H33FN4O2S2. The highest BCUT2D eigenvalue weighted by Gasteiger charge is 2.40. The molecule has 1 N–H and O–H groups in total. The first kappa shape index (κ1) is 28.1. The summed E-state index contributed by atoms with van der Waals surface area (Å²) < 4.78 is 15.2. The number of anilines is 1. The Kier molecular flexibility index (Phi) is 7.88. The average Bonchev–Trinajstić information content (AvgIpc) is 3.54. The number of thioether (sulfide) groups is 1. The highest BCUT2D eigenvalue weighted by Crippen LogP contribution is 2.49. The number of thiophene rings is 1. The highest BCUT2D eigenvalue weighted by molar-refractivity contribution is 8.00. The molecular weight excluding hydrogens is 543 g/mol. The second-order valence-electron chi connectivity index (χ2n) is 11.1. The molecule has 3 heterocycles. The summed E-state index contributed by atoms with van der Waals surface area (Å²) in [4.78, 5) is 29.8. The van der Waals surface area contributed by atoms with Gasteiger partial charge in [-0.2, -0.15) is 5.10 Å². The number of hydrogen-bond donors (Lipinski definition) is 1. The minimum absolute atomic E-state index is 0.0973. The predicted molar refractivity (Wildman–Crippen MR) is 161 cm³/mol. The van der Waals surface area contributed by atoms with Crippen LogP contribution in [0.2, 0.25) is 0 Å². The molecule has 0 unspecified atom stereocenters. The van der Waals surface area contributed by atoms with E-state index in [4.69, 9.17) is 5.10 Å². The van der Waals surface area contributed by atoms with E-state index in [1.54, 1.807) is 40.1 Å². The molecule has 1 aliphatic heterocycles. The molecule has 0 fully saturated rings. The lowest BCUT2D eigenvalue weighted by Crippen LogP contribution is -2.42. The Bertz CT molecular complexity index is 1540. The van der Waals surface area contributed by atoms with Crippen molar-refractivity contribution in [3.63, 3.8) is 0 Å². The maximum absolute atomic E-state index is 13.8. The Balaban J connectivity index is 1.63. The second-order valence-corrected chi connectivity index (χ2v) is 13.2. The molecule has 0 saturated heterocycles. The van der Waals surface area contributed by atoms with Crippen molar-refractivity contribution in [2.75, 3.05) is 17.2 Å². The van der Waals surface area contributed by atoms with Crippen molar-refractivity contribution in [3.05, 3.63) is 98.6 Å². The van der Waals surface area contributed by atoms with Crippen LogP contribution in [0.4, 0.5) is 10.2 Å². The molecule has 1 atom stereocenters. The summed E-state index contributed by atoms with van der Waals surface area (Å²) >= 11 is 3.24. The zero-order chi connectivity index (χ0) is 28.6. The first-order valence-electron chi connectivity index (χ1n) is 13.2. The minimum Gasteiger partial charge on any atom is -0.350 e. The second kappa shape index (κ2) is 11.2. The Morgan fingerprint density at radius 2 is 1.88 bits per heavy atom. The fraction of sp³-hybridized carbons (Fsp3) is 0.323. The molecule has 0 saturated carbocycles. The molecule has 208 valence electrons. The summed E-state index contributed by atoms with van der Waals surface area (Å²) in [6.07, 6.45) is 0. The van der Waals surface area contributed by atoms with Crippen molar-refractivity contribution in [1.29, 1.82) is 0 Å². The number of halogens is 1. The van der Waals surface area contributed by atoms with Gasteiger partial charge in [0.2, 0.25) is 11.8 Å². The van der Waals surface area contributed by atoms with Gasteiger partial charge >= 0.3 is 0 Å². The normalized spacial score (nSPS) is 15.6. The molecule has 2 amide bonds. The van der Waals surface area contributed by atoms with E-state index in [-0.39, 0.29) is 47.1 Å². The van der Waals surface area contributed by atoms with Crippen LogP contribution < -0.4 is 10.2 Å². The lowest BCUT2D eigenvalue weighted by atomic mass is 9.88. The van der Waals surface area contributed by atoms with Crippen LogP contribution in [0.3, 0.4) is 0 Å². The fourth-order valence-electron chi connectivity index (χ4n) is 4.95. The first-order chi connectivity index (χ1) is 19.0. The molecule has 0 radical (unpaired) electrons. The molecule has 0 spiro atoms. The molecule has 0 aliphatic carbocycles. The zero-order valence-corrected chi connectivity index (χ0v) is 25.0. The molecule has 1 aliphatic rings. The number of rotatable bonds is 6. The van der Waals surface area contributed by atoms with E-state index < -0.39 is 0 Å². The van der Waals surface area contributed by atoms with Crippen molar-refractivity contribution in [3.8, 4) is 5.69 Å². The molecule has 6 nitrogen and oxygen atoms in total. The summed E-state index contributed by atoms with van der Waals surface area (Å²) in [5.41, 5.74) is 5.38. The van der Waals surface area contributed by atoms with Crippen molar-refractivity contribution in [1.82, 2.24) is 15.1 Å². The molecule has 9 heteroatoms. The van der Waals surface area contributed by atoms with Gasteiger partial charge in [0.05, 0.1) is 22.4 Å². The molecule has 2 aromatic heterocycles. The number of aromatic nitrogens is 2. The third kappa shape index (κ3) is 5.71. The molecule has 4 aromatic rings. The van der Waals surface area contributed by atoms with E-state index in [9.17, 15) is 14.0 Å². The van der Waals surface area contributed by atoms with Gasteiger partial charge in [-0.1, -0.05) is 56.7 Å². The number of nitrogens with one attached hydrogen (secondary N) is 1. The zero-order valence-electron chi connectivity index (χ0n) is 23.3. The van der Waals surface area contributed by atoms with Crippen LogP contribution in [0.15, 0.2) is 60.0 Å². The summed E-state index contributed by atoms with van der Waals surface area (Å²) in [5, 5.41) is 10.0. The number of carbonyl (C=O) groups excluding carboxylic acids is 2. The van der Waals surface area contributed by atoms with Crippen molar-refractivity contribution < 1.29 is 14.0 Å². The number of fused-ring (bicyclic) bond motifs is 1. The lowest BCUT2D eigenvalue weighted by molar-refractivity contribution is -0.123. The third-order valence-corrected chi connectivity index (χ3v) is 9.21. The maximum atomic E-state index is 13.8. The van der Waals surface area contributed by atoms with E-state index in [0.717, 1.165) is 38.5 Å². The highest BCUT2D eigenvalue weighted by atomic mass is 32.2. The Hall–Kier alpha value is -3.43. The van der Waals surface area contributed by atoms with Gasteiger partial charge in [-0.25, -0.2) is 9.07 Å². The number of hydrogen-bond acceptors (Lipinski definition) is 5. The summed E-state index contributed by atoms with van der Waals surface area (Å²) in [6, 6.07) is 16.3. The van der Waals surface area contributed by atoms with Gasteiger partial charge in [0, 0.05) is 22.4 Å². The Morgan fingerprint density at radius 1 is 1.12 bits per heavy atom. The Morgan fingerprint density at radius 3 is 2.52 bits per heavy atom. The van der Waals surface area contributed by atoms with Crippen LogP contribution in [0, 0.1) is 19.7 Å². The number of aryl methyl sites for hydroxylation is 2. The van der Waals surface area contributed by atoms with E-state index in [1.165, 1.54) is 12.1 Å². The van der Waals surface area contributed by atoms with Gasteiger partial charge < -0.3 is 5.32 Å². The lowest BCUT2D eigenvalue weighted by Gasteiger charge is -2.24. The Labute approximate surface area is 242 Å². The van der Waals surface area contributed by atoms with E-state index >= 15 is 0 Å². The fourth-order valence-corrected chi connectivity index (χ4v) is 7.13. The quantitative estimate of drug-likeness (QED) is 0.286. The number of amides is 2. The first-order valence-corrected chi connectivity index (χ1v) is 15.1. The molecule has 0 bridgehead atoms. The average molecular weight is 577 g/mol. The molecule has 5 rings (SSSR count). The maximum Gasteiger partial charge on any atom is 0.240 e. The molecule has 2 aromatic carbocycles. The number of carbonyl (C=O) groups is 2. The standard InChI is InChI=1S/C31H33FN4O2S2/c1-19-8-13-23(20(2)15-19)36-30-27(29(34-36)31(3,4)5)28(24-7-6-14-39-24)40-18-26(38)35(30)17-25(37)33-16-21-9-11-22(32)12-10-21/h6-15,28H,16-18H2,1-5H3,(H,33,37)/t28-/m1/s1. The van der Waals surface area contributed by atoms with E-state index in [0.29, 0.717) is 5.82 Å². The molecule has 40 heavy (non-hydrogen) atoms. The van der Waals surface area contributed by atoms with Crippen LogP contribution in [0.25, 0.3) is 5.69 Å². The van der Waals surface area contributed by atoms with Gasteiger partial charge in [-0.05, 0) is 54.6 Å². The monoisotopic (exact) mass is 576 g/mol. The smallest absolute Gasteiger partial charge is 0.240 e. The summed E-state index contributed by atoms with van der Waals surface area (Å²) in [7, 11) is 0. The van der Waals surface area contributed by atoms with Crippen LogP contribution in [-0.4, -0.2) is 33.9 Å². The van der Waals surface area contributed by atoms with E-state index in [1.807, 2.05) is 42.1 Å². The summed E-state index contributed by atoms with van der Waals surface area (Å²) in [6.45, 7) is 10.6. The van der Waals surface area contributed by atoms with Crippen molar-refractivity contribution >= 4 is 40.7 Å². The van der Waals surface area contributed by atoms with Gasteiger partial charge in [0.1, 0.15) is 18.2 Å². The van der Waals surface area contributed by atoms with Gasteiger partial charge in [0.15, 0.2) is 0 Å². The topological polar surface area (TPSA) is 67.2 Å². The van der Waals surface area contributed by atoms with Gasteiger partial charge in [0.25, 0.3) is 0 Å². The summed E-state index contributed by atoms with van der Waals surface area (Å²) in [5.74, 6) is 0.105. The third-order valence-electron chi connectivity index (χ3n) is 6.89. The van der Waals surface area contributed by atoms with Crippen LogP contribution in [-0.2, 0) is 21.5 Å². The van der Waals surface area contributed by atoms with Crippen molar-refractivity contribution in [2.24, 2.45) is 0 Å². The number of nitrogens with zero attached hydrogens (tertiary/aromatic N) is 3. The van der Waals surface area contributed by atoms with Crippen LogP contribution in [0.1, 0.15) is 58.8 Å². The van der Waals surface area contributed by atoms with E-state index in [2.05, 4.69) is 38.2 Å². The van der Waals surface area contributed by atoms with Crippen LogP contribution in [0.5, 0.6) is 0 Å². The SMILES string of the molecule is Cc1ccc(-n2nc(C(C)(C)C)c3c2N(CC(=O)NCc2ccc(F)cc2)C(=O)CS[C@@H]3c2cccs2)c(C)c1. The van der Waals surface area contributed by atoms with Gasteiger partial charge in [-0.15, -0.1) is 23.1 Å². The largest absolute Gasteiger partial charge is 0.350 e. The van der Waals surface area contributed by atoms with Crippen molar-refractivity contribution in [2.45, 2.75) is 51.8 Å². The predicted octanol–water partition coefficient (Wildman–Crippen LogP) is 6.47.